The van der Waals surface area contributed by atoms with Gasteiger partial charge >= 0.3 is 0 Å². The zero-order valence-corrected chi connectivity index (χ0v) is 9.68. The molecular formula is C12H16N2O3. The molecule has 0 spiro atoms. The topological polar surface area (TPSA) is 78.5 Å². The van der Waals surface area contributed by atoms with E-state index >= 15 is 0 Å². The fraction of sp³-hybridized carbons (Fsp3) is 0.417. The smallest absolute Gasteiger partial charge is 0.192 e. The van der Waals surface area contributed by atoms with E-state index in [0.29, 0.717) is 12.4 Å². The Labute approximate surface area is 99.1 Å². The minimum atomic E-state index is -0.287. The molecule has 1 aromatic carbocycles. The summed E-state index contributed by atoms with van der Waals surface area (Å²) in [6, 6.07) is 5.46. The molecule has 2 rings (SSSR count). The molecule has 17 heavy (non-hydrogen) atoms. The van der Waals surface area contributed by atoms with Gasteiger partial charge in [0.25, 0.3) is 0 Å². The molecule has 92 valence electrons. The van der Waals surface area contributed by atoms with Gasteiger partial charge in [-0.2, -0.15) is 0 Å². The van der Waals surface area contributed by atoms with Gasteiger partial charge in [-0.3, -0.25) is 0 Å². The van der Waals surface area contributed by atoms with Gasteiger partial charge in [-0.25, -0.2) is 4.98 Å². The van der Waals surface area contributed by atoms with Crippen LogP contribution in [0.4, 0.5) is 0 Å². The predicted octanol–water partition coefficient (Wildman–Crippen LogP) is 0.579. The van der Waals surface area contributed by atoms with Crippen LogP contribution in [-0.2, 0) is 6.54 Å². The van der Waals surface area contributed by atoms with Gasteiger partial charge in [0.15, 0.2) is 11.5 Å². The van der Waals surface area contributed by atoms with Crippen molar-refractivity contribution in [1.82, 2.24) is 10.3 Å². The number of fused-ring (bicyclic) bond motifs is 1. The van der Waals surface area contributed by atoms with Crippen molar-refractivity contribution >= 4 is 11.1 Å². The first-order valence-corrected chi connectivity index (χ1v) is 5.54. The molecule has 3 N–H and O–H groups in total. The third kappa shape index (κ3) is 2.82. The highest BCUT2D eigenvalue weighted by Gasteiger charge is 2.06. The monoisotopic (exact) mass is 236 g/mol. The Morgan fingerprint density at radius 3 is 2.82 bits per heavy atom. The SMILES string of the molecule is Cc1nc2cc(CNC(CO)CO)ccc2o1. The number of aliphatic hydroxyl groups excluding tert-OH is 2. The van der Waals surface area contributed by atoms with Crippen LogP contribution in [0.25, 0.3) is 11.1 Å². The molecular weight excluding hydrogens is 220 g/mol. The van der Waals surface area contributed by atoms with Crippen molar-refractivity contribution in [2.24, 2.45) is 0 Å². The summed E-state index contributed by atoms with van der Waals surface area (Å²) in [5, 5.41) is 20.9. The number of nitrogens with zero attached hydrogens (tertiary/aromatic N) is 1. The summed E-state index contributed by atoms with van der Waals surface area (Å²) in [4.78, 5) is 4.25. The summed E-state index contributed by atoms with van der Waals surface area (Å²) >= 11 is 0. The second kappa shape index (κ2) is 5.27. The van der Waals surface area contributed by atoms with Gasteiger partial charge in [0.2, 0.25) is 0 Å². The number of nitrogens with one attached hydrogen (secondary N) is 1. The Bertz CT molecular complexity index is 491. The number of benzene rings is 1. The highest BCUT2D eigenvalue weighted by atomic mass is 16.3. The molecule has 1 aromatic heterocycles. The third-order valence-electron chi connectivity index (χ3n) is 2.59. The van der Waals surface area contributed by atoms with Crippen molar-refractivity contribution in [3.63, 3.8) is 0 Å². The van der Waals surface area contributed by atoms with E-state index in [2.05, 4.69) is 10.3 Å². The number of aromatic nitrogens is 1. The van der Waals surface area contributed by atoms with Crippen LogP contribution in [-0.4, -0.2) is 34.5 Å². The summed E-state index contributed by atoms with van der Waals surface area (Å²) < 4.78 is 5.38. The number of hydrogen-bond acceptors (Lipinski definition) is 5. The van der Waals surface area contributed by atoms with Gasteiger partial charge in [-0.1, -0.05) is 6.07 Å². The van der Waals surface area contributed by atoms with Crippen molar-refractivity contribution < 1.29 is 14.6 Å². The van der Waals surface area contributed by atoms with Crippen molar-refractivity contribution in [3.8, 4) is 0 Å². The minimum Gasteiger partial charge on any atom is -0.441 e. The van der Waals surface area contributed by atoms with E-state index in [9.17, 15) is 0 Å². The summed E-state index contributed by atoms with van der Waals surface area (Å²) in [6.07, 6.45) is 0. The second-order valence-corrected chi connectivity index (χ2v) is 3.98. The van der Waals surface area contributed by atoms with E-state index in [1.54, 1.807) is 0 Å². The highest BCUT2D eigenvalue weighted by Crippen LogP contribution is 2.16. The van der Waals surface area contributed by atoms with Gasteiger partial charge in [0.05, 0.1) is 19.3 Å². The molecule has 0 saturated carbocycles. The largest absolute Gasteiger partial charge is 0.441 e. The van der Waals surface area contributed by atoms with Crippen LogP contribution in [0.1, 0.15) is 11.5 Å². The third-order valence-corrected chi connectivity index (χ3v) is 2.59. The standard InChI is InChI=1S/C12H16N2O3/c1-8-14-11-4-9(2-3-12(11)17-8)5-13-10(6-15)7-16/h2-4,10,13,15-16H,5-7H2,1H3. The molecule has 2 aromatic rings. The summed E-state index contributed by atoms with van der Waals surface area (Å²) in [7, 11) is 0. The molecule has 0 saturated heterocycles. The normalized spacial score (nSPS) is 11.5. The Hall–Kier alpha value is -1.43. The maximum Gasteiger partial charge on any atom is 0.192 e. The highest BCUT2D eigenvalue weighted by molar-refractivity contribution is 5.73. The first kappa shape index (κ1) is 12.0. The molecule has 0 fully saturated rings. The van der Waals surface area contributed by atoms with E-state index < -0.39 is 0 Å². The summed E-state index contributed by atoms with van der Waals surface area (Å²) in [5.41, 5.74) is 2.64. The zero-order valence-electron chi connectivity index (χ0n) is 9.68. The fourth-order valence-corrected chi connectivity index (χ4v) is 1.65. The van der Waals surface area contributed by atoms with Crippen molar-refractivity contribution in [2.45, 2.75) is 19.5 Å². The molecule has 0 bridgehead atoms. The van der Waals surface area contributed by atoms with E-state index in [0.717, 1.165) is 16.7 Å². The molecule has 0 radical (unpaired) electrons. The van der Waals surface area contributed by atoms with Gasteiger partial charge in [-0.15, -0.1) is 0 Å². The molecule has 0 aliphatic carbocycles. The lowest BCUT2D eigenvalue weighted by Gasteiger charge is -2.12. The lowest BCUT2D eigenvalue weighted by Crippen LogP contribution is -2.35. The lowest BCUT2D eigenvalue weighted by atomic mass is 10.2. The van der Waals surface area contributed by atoms with Crippen LogP contribution < -0.4 is 5.32 Å². The summed E-state index contributed by atoms with van der Waals surface area (Å²) in [5.74, 6) is 0.647. The van der Waals surface area contributed by atoms with Gasteiger partial charge in [0, 0.05) is 13.5 Å². The Morgan fingerprint density at radius 2 is 2.12 bits per heavy atom. The van der Waals surface area contributed by atoms with Crippen LogP contribution in [0.3, 0.4) is 0 Å². The van der Waals surface area contributed by atoms with Crippen LogP contribution in [0.5, 0.6) is 0 Å². The molecule has 5 nitrogen and oxygen atoms in total. The van der Waals surface area contributed by atoms with Crippen molar-refractivity contribution in [1.29, 1.82) is 0 Å². The average Bonchev–Trinajstić information content (AvgIpc) is 2.69. The van der Waals surface area contributed by atoms with Crippen LogP contribution in [0.15, 0.2) is 22.6 Å². The zero-order chi connectivity index (χ0) is 12.3. The van der Waals surface area contributed by atoms with Gasteiger partial charge in [0.1, 0.15) is 5.52 Å². The molecule has 0 unspecified atom stereocenters. The first-order valence-electron chi connectivity index (χ1n) is 5.54. The van der Waals surface area contributed by atoms with E-state index in [-0.39, 0.29) is 19.3 Å². The van der Waals surface area contributed by atoms with E-state index in [1.807, 2.05) is 25.1 Å². The van der Waals surface area contributed by atoms with Crippen LogP contribution >= 0.6 is 0 Å². The molecule has 0 atom stereocenters. The molecule has 1 heterocycles. The van der Waals surface area contributed by atoms with E-state index in [1.165, 1.54) is 0 Å². The molecule has 0 aliphatic rings. The fourth-order valence-electron chi connectivity index (χ4n) is 1.65. The van der Waals surface area contributed by atoms with Gasteiger partial charge in [-0.05, 0) is 17.7 Å². The Morgan fingerprint density at radius 1 is 1.35 bits per heavy atom. The lowest BCUT2D eigenvalue weighted by molar-refractivity contribution is 0.170. The summed E-state index contributed by atoms with van der Waals surface area (Å²) in [6.45, 7) is 2.22. The van der Waals surface area contributed by atoms with Gasteiger partial charge < -0.3 is 19.9 Å². The Kier molecular flexibility index (Phi) is 3.73. The number of aliphatic hydroxyl groups is 2. The molecule has 0 amide bonds. The number of aryl methyl sites for hydroxylation is 1. The number of rotatable bonds is 5. The quantitative estimate of drug-likeness (QED) is 0.707. The number of oxazole rings is 1. The average molecular weight is 236 g/mol. The molecule has 5 heteroatoms. The van der Waals surface area contributed by atoms with E-state index in [4.69, 9.17) is 14.6 Å². The predicted molar refractivity (Wildman–Crippen MR) is 63.5 cm³/mol. The Balaban J connectivity index is 2.08. The number of hydrogen-bond donors (Lipinski definition) is 3. The van der Waals surface area contributed by atoms with Crippen molar-refractivity contribution in [2.75, 3.05) is 13.2 Å². The van der Waals surface area contributed by atoms with Crippen molar-refractivity contribution in [3.05, 3.63) is 29.7 Å². The molecule has 0 aliphatic heterocycles. The second-order valence-electron chi connectivity index (χ2n) is 3.98. The van der Waals surface area contributed by atoms with Crippen LogP contribution in [0, 0.1) is 6.92 Å². The minimum absolute atomic E-state index is 0.0815. The first-order chi connectivity index (χ1) is 8.22. The van der Waals surface area contributed by atoms with Crippen LogP contribution in [0.2, 0.25) is 0 Å². The maximum absolute atomic E-state index is 8.93. The maximum atomic E-state index is 8.93.